The highest BCUT2D eigenvalue weighted by Gasteiger charge is 1.99. The minimum absolute atomic E-state index is 0.729. The molecule has 1 radical (unpaired) electrons. The average Bonchev–Trinajstić information content (AvgIpc) is 2.58. The van der Waals surface area contributed by atoms with Gasteiger partial charge >= 0.3 is 0 Å². The van der Waals surface area contributed by atoms with Crippen LogP contribution >= 0.6 is 23.1 Å². The van der Waals surface area contributed by atoms with Crippen molar-refractivity contribution in [3.05, 3.63) is 35.6 Å². The van der Waals surface area contributed by atoms with E-state index in [2.05, 4.69) is 15.7 Å². The summed E-state index contributed by atoms with van der Waals surface area (Å²) in [5.74, 6) is 0. The van der Waals surface area contributed by atoms with Crippen molar-refractivity contribution in [3.8, 4) is 10.6 Å². The van der Waals surface area contributed by atoms with E-state index in [0.717, 1.165) is 15.6 Å². The summed E-state index contributed by atoms with van der Waals surface area (Å²) in [6, 6.07) is 7.49. The Morgan fingerprint density at radius 1 is 1.25 bits per heavy atom. The van der Waals surface area contributed by atoms with E-state index in [1.54, 1.807) is 0 Å². The molecule has 59 valence electrons. The fraction of sp³-hybridized carbons (Fsp3) is 0. The Kier molecular flexibility index (Phi) is 2.06. The molecule has 0 unspecified atom stereocenters. The van der Waals surface area contributed by atoms with E-state index in [1.807, 2.05) is 24.3 Å². The van der Waals surface area contributed by atoms with Crippen LogP contribution in [0.2, 0.25) is 5.02 Å². The topological polar surface area (TPSA) is 25.8 Å². The molecule has 0 aliphatic rings. The second-order valence-electron chi connectivity index (χ2n) is 2.21. The van der Waals surface area contributed by atoms with E-state index in [0.29, 0.717) is 0 Å². The van der Waals surface area contributed by atoms with Gasteiger partial charge in [-0.25, -0.2) is 4.98 Å². The van der Waals surface area contributed by atoms with Crippen LogP contribution in [0.4, 0.5) is 0 Å². The van der Waals surface area contributed by atoms with Gasteiger partial charge in [-0.15, -0.1) is 0 Å². The number of hydrogen-bond donors (Lipinski definition) is 0. The SMILES string of the molecule is Clc1ccc(-c2n[c]ns2)cc1. The summed E-state index contributed by atoms with van der Waals surface area (Å²) in [6.07, 6.45) is 2.53. The van der Waals surface area contributed by atoms with Crippen molar-refractivity contribution in [1.29, 1.82) is 0 Å². The molecule has 0 aliphatic carbocycles. The molecule has 1 aromatic heterocycles. The second-order valence-corrected chi connectivity index (χ2v) is 3.39. The van der Waals surface area contributed by atoms with E-state index in [4.69, 9.17) is 11.6 Å². The van der Waals surface area contributed by atoms with Crippen molar-refractivity contribution in [3.63, 3.8) is 0 Å². The number of benzene rings is 1. The lowest BCUT2D eigenvalue weighted by Crippen LogP contribution is -1.73. The maximum absolute atomic E-state index is 5.73. The van der Waals surface area contributed by atoms with Gasteiger partial charge in [-0.05, 0) is 23.7 Å². The van der Waals surface area contributed by atoms with Gasteiger partial charge in [0.25, 0.3) is 0 Å². The predicted molar refractivity (Wildman–Crippen MR) is 49.2 cm³/mol. The Hall–Kier alpha value is -0.930. The number of nitrogens with zero attached hydrogens (tertiary/aromatic N) is 2. The highest BCUT2D eigenvalue weighted by atomic mass is 35.5. The van der Waals surface area contributed by atoms with Crippen LogP contribution in [0.15, 0.2) is 24.3 Å². The molecule has 0 saturated heterocycles. The summed E-state index contributed by atoms with van der Waals surface area (Å²) in [7, 11) is 0. The van der Waals surface area contributed by atoms with Crippen molar-refractivity contribution in [2.24, 2.45) is 0 Å². The van der Waals surface area contributed by atoms with Crippen LogP contribution in [0.3, 0.4) is 0 Å². The Labute approximate surface area is 79.0 Å². The third-order valence-corrected chi connectivity index (χ3v) is 2.34. The molecule has 0 aliphatic heterocycles. The monoisotopic (exact) mass is 195 g/mol. The number of hydrogen-bond acceptors (Lipinski definition) is 3. The predicted octanol–water partition coefficient (Wildman–Crippen LogP) is 2.66. The number of aromatic nitrogens is 2. The standard InChI is InChI=1S/C8H4ClN2S/c9-7-3-1-6(2-4-7)8-10-5-11-12-8/h1-4H. The molecule has 0 spiro atoms. The first-order valence-electron chi connectivity index (χ1n) is 3.32. The molecular formula is C8H4ClN2S. The van der Waals surface area contributed by atoms with Crippen LogP contribution in [0.1, 0.15) is 0 Å². The first kappa shape index (κ1) is 7.71. The molecule has 0 atom stereocenters. The normalized spacial score (nSPS) is 10.1. The molecule has 12 heavy (non-hydrogen) atoms. The van der Waals surface area contributed by atoms with Gasteiger partial charge < -0.3 is 0 Å². The van der Waals surface area contributed by atoms with Crippen LogP contribution in [0.25, 0.3) is 10.6 Å². The third kappa shape index (κ3) is 1.47. The first-order valence-corrected chi connectivity index (χ1v) is 4.47. The van der Waals surface area contributed by atoms with Gasteiger partial charge in [0.05, 0.1) is 0 Å². The molecule has 1 heterocycles. The molecule has 4 heteroatoms. The highest BCUT2D eigenvalue weighted by Crippen LogP contribution is 2.21. The number of rotatable bonds is 1. The Bertz CT molecular complexity index is 355. The van der Waals surface area contributed by atoms with Crippen LogP contribution in [0.5, 0.6) is 0 Å². The summed E-state index contributed by atoms with van der Waals surface area (Å²) in [6.45, 7) is 0. The molecule has 0 N–H and O–H groups in total. The fourth-order valence-corrected chi connectivity index (χ4v) is 1.48. The van der Waals surface area contributed by atoms with Crippen LogP contribution in [-0.2, 0) is 0 Å². The molecular weight excluding hydrogens is 192 g/mol. The minimum Gasteiger partial charge on any atom is -0.212 e. The molecule has 0 bridgehead atoms. The van der Waals surface area contributed by atoms with E-state index < -0.39 is 0 Å². The van der Waals surface area contributed by atoms with Crippen molar-refractivity contribution in [2.45, 2.75) is 0 Å². The highest BCUT2D eigenvalue weighted by molar-refractivity contribution is 7.09. The largest absolute Gasteiger partial charge is 0.212 e. The average molecular weight is 196 g/mol. The van der Waals surface area contributed by atoms with E-state index in [1.165, 1.54) is 11.5 Å². The first-order chi connectivity index (χ1) is 5.86. The molecule has 0 saturated carbocycles. The van der Waals surface area contributed by atoms with Gasteiger partial charge in [0.1, 0.15) is 5.01 Å². The third-order valence-electron chi connectivity index (χ3n) is 1.42. The van der Waals surface area contributed by atoms with Crippen molar-refractivity contribution in [1.82, 2.24) is 9.36 Å². The van der Waals surface area contributed by atoms with Crippen molar-refractivity contribution >= 4 is 23.1 Å². The fourth-order valence-electron chi connectivity index (χ4n) is 0.860. The van der Waals surface area contributed by atoms with E-state index in [-0.39, 0.29) is 0 Å². The molecule has 0 fully saturated rings. The van der Waals surface area contributed by atoms with Crippen molar-refractivity contribution < 1.29 is 0 Å². The van der Waals surface area contributed by atoms with Gasteiger partial charge in [-0.2, -0.15) is 4.37 Å². The minimum atomic E-state index is 0.729. The summed E-state index contributed by atoms with van der Waals surface area (Å²) < 4.78 is 3.79. The molecule has 2 nitrogen and oxygen atoms in total. The van der Waals surface area contributed by atoms with Crippen LogP contribution < -0.4 is 0 Å². The van der Waals surface area contributed by atoms with Crippen molar-refractivity contribution in [2.75, 3.05) is 0 Å². The van der Waals surface area contributed by atoms with Gasteiger partial charge in [0.2, 0.25) is 6.33 Å². The quantitative estimate of drug-likeness (QED) is 0.699. The molecule has 1 aromatic carbocycles. The lowest BCUT2D eigenvalue weighted by molar-refractivity contribution is 1.31. The zero-order chi connectivity index (χ0) is 8.39. The molecule has 2 aromatic rings. The van der Waals surface area contributed by atoms with Crippen LogP contribution in [0, 0.1) is 6.33 Å². The Morgan fingerprint density at radius 2 is 2.00 bits per heavy atom. The Balaban J connectivity index is 2.43. The second kappa shape index (κ2) is 3.21. The summed E-state index contributed by atoms with van der Waals surface area (Å²) in [4.78, 5) is 3.96. The summed E-state index contributed by atoms with van der Waals surface area (Å²) in [5.41, 5.74) is 1.03. The zero-order valence-corrected chi connectivity index (χ0v) is 7.56. The summed E-state index contributed by atoms with van der Waals surface area (Å²) in [5, 5.41) is 1.60. The molecule has 0 amide bonds. The maximum Gasteiger partial charge on any atom is 0.212 e. The van der Waals surface area contributed by atoms with Gasteiger partial charge in [-0.1, -0.05) is 23.7 Å². The van der Waals surface area contributed by atoms with Crippen LogP contribution in [-0.4, -0.2) is 9.36 Å². The van der Waals surface area contributed by atoms with Gasteiger partial charge in [-0.3, -0.25) is 0 Å². The zero-order valence-electron chi connectivity index (χ0n) is 5.99. The lowest BCUT2D eigenvalue weighted by atomic mass is 10.2. The smallest absolute Gasteiger partial charge is 0.212 e. The van der Waals surface area contributed by atoms with E-state index >= 15 is 0 Å². The van der Waals surface area contributed by atoms with E-state index in [9.17, 15) is 0 Å². The maximum atomic E-state index is 5.73. The lowest BCUT2D eigenvalue weighted by Gasteiger charge is -1.93. The number of halogens is 1. The van der Waals surface area contributed by atoms with Gasteiger partial charge in [0.15, 0.2) is 0 Å². The Morgan fingerprint density at radius 3 is 2.58 bits per heavy atom. The molecule has 2 rings (SSSR count). The summed E-state index contributed by atoms with van der Waals surface area (Å²) >= 11 is 7.05. The van der Waals surface area contributed by atoms with Gasteiger partial charge in [0, 0.05) is 10.6 Å².